The summed E-state index contributed by atoms with van der Waals surface area (Å²) in [6.45, 7) is 0. The number of aliphatic carboxylic acids is 1. The molecule has 0 aliphatic heterocycles. The van der Waals surface area contributed by atoms with E-state index in [2.05, 4.69) is 15.4 Å². The second-order valence-corrected chi connectivity index (χ2v) is 5.64. The molecule has 0 spiro atoms. The molecule has 8 heteroatoms. The van der Waals surface area contributed by atoms with Crippen molar-refractivity contribution in [2.24, 2.45) is 5.92 Å². The molecule has 1 saturated carbocycles. The highest BCUT2D eigenvalue weighted by molar-refractivity contribution is 6.01. The Morgan fingerprint density at radius 2 is 1.88 bits per heavy atom. The maximum Gasteiger partial charge on any atom is 0.342 e. The Hall–Kier alpha value is -2.64. The van der Waals surface area contributed by atoms with Crippen molar-refractivity contribution in [3.8, 4) is 0 Å². The molecule has 0 aromatic heterocycles. The van der Waals surface area contributed by atoms with Crippen LogP contribution in [0.3, 0.4) is 0 Å². The van der Waals surface area contributed by atoms with E-state index in [1.54, 1.807) is 0 Å². The van der Waals surface area contributed by atoms with Crippen molar-refractivity contribution in [1.82, 2.24) is 5.32 Å². The van der Waals surface area contributed by atoms with Crippen LogP contribution in [0.4, 0.5) is 14.9 Å². The summed E-state index contributed by atoms with van der Waals surface area (Å²) in [5.74, 6) is -2.87. The highest BCUT2D eigenvalue weighted by Gasteiger charge is 2.27. The van der Waals surface area contributed by atoms with Crippen LogP contribution in [0.15, 0.2) is 18.2 Å². The minimum Gasteiger partial charge on any atom is -0.481 e. The lowest BCUT2D eigenvalue weighted by molar-refractivity contribution is -0.142. The first-order valence-electron chi connectivity index (χ1n) is 7.59. The van der Waals surface area contributed by atoms with Crippen molar-refractivity contribution >= 4 is 23.7 Å². The number of carboxylic acid groups (broad SMARTS) is 1. The Morgan fingerprint density at radius 3 is 2.46 bits per heavy atom. The van der Waals surface area contributed by atoms with Crippen LogP contribution in [-0.4, -0.2) is 36.2 Å². The van der Waals surface area contributed by atoms with Crippen LogP contribution in [0.2, 0.25) is 0 Å². The third-order valence-electron chi connectivity index (χ3n) is 4.06. The van der Waals surface area contributed by atoms with E-state index in [1.165, 1.54) is 12.1 Å². The predicted octanol–water partition coefficient (Wildman–Crippen LogP) is 2.38. The number of methoxy groups -OCH3 is 1. The van der Waals surface area contributed by atoms with E-state index >= 15 is 0 Å². The van der Waals surface area contributed by atoms with Crippen LogP contribution >= 0.6 is 0 Å². The summed E-state index contributed by atoms with van der Waals surface area (Å²) in [6.07, 6.45) is 2.09. The number of nitrogens with one attached hydrogen (secondary N) is 2. The fourth-order valence-corrected chi connectivity index (χ4v) is 2.77. The van der Waals surface area contributed by atoms with Crippen molar-refractivity contribution < 1.29 is 28.6 Å². The van der Waals surface area contributed by atoms with Gasteiger partial charge in [-0.3, -0.25) is 4.79 Å². The molecule has 1 fully saturated rings. The third-order valence-corrected chi connectivity index (χ3v) is 4.06. The number of halogens is 1. The Morgan fingerprint density at radius 1 is 1.21 bits per heavy atom. The minimum atomic E-state index is -0.884. The number of benzene rings is 1. The average molecular weight is 338 g/mol. The summed E-state index contributed by atoms with van der Waals surface area (Å²) in [7, 11) is 1.12. The summed E-state index contributed by atoms with van der Waals surface area (Å²) < 4.78 is 18.3. The second kappa shape index (κ2) is 7.76. The molecular weight excluding hydrogens is 319 g/mol. The molecule has 0 atom stereocenters. The van der Waals surface area contributed by atoms with Gasteiger partial charge in [-0.05, 0) is 37.8 Å². The SMILES string of the molecule is COC(=O)c1c(F)cccc1NC(=O)NC1CCC(C(=O)O)CC1. The van der Waals surface area contributed by atoms with Gasteiger partial charge in [0.05, 0.1) is 18.7 Å². The van der Waals surface area contributed by atoms with Crippen molar-refractivity contribution in [3.63, 3.8) is 0 Å². The molecule has 0 radical (unpaired) electrons. The first-order chi connectivity index (χ1) is 11.4. The minimum absolute atomic E-state index is 0.0126. The fourth-order valence-electron chi connectivity index (χ4n) is 2.77. The van der Waals surface area contributed by atoms with E-state index in [-0.39, 0.29) is 23.2 Å². The smallest absolute Gasteiger partial charge is 0.342 e. The molecule has 130 valence electrons. The number of urea groups is 1. The number of anilines is 1. The summed E-state index contributed by atoms with van der Waals surface area (Å²) in [4.78, 5) is 34.6. The monoisotopic (exact) mass is 338 g/mol. The van der Waals surface area contributed by atoms with Gasteiger partial charge in [-0.2, -0.15) is 0 Å². The molecular formula is C16H19FN2O5. The number of hydrogen-bond acceptors (Lipinski definition) is 4. The van der Waals surface area contributed by atoms with Crippen LogP contribution in [0.25, 0.3) is 0 Å². The maximum atomic E-state index is 13.8. The van der Waals surface area contributed by atoms with Gasteiger partial charge in [0.2, 0.25) is 0 Å². The van der Waals surface area contributed by atoms with Gasteiger partial charge in [-0.1, -0.05) is 6.07 Å². The fraction of sp³-hybridized carbons (Fsp3) is 0.438. The molecule has 7 nitrogen and oxygen atoms in total. The number of rotatable bonds is 4. The molecule has 3 N–H and O–H groups in total. The van der Waals surface area contributed by atoms with Crippen molar-refractivity contribution in [1.29, 1.82) is 0 Å². The Labute approximate surface area is 138 Å². The van der Waals surface area contributed by atoms with Gasteiger partial charge < -0.3 is 20.5 Å². The van der Waals surface area contributed by atoms with Crippen LogP contribution in [0, 0.1) is 11.7 Å². The number of esters is 1. The van der Waals surface area contributed by atoms with Gasteiger partial charge in [0.15, 0.2) is 0 Å². The molecule has 0 heterocycles. The van der Waals surface area contributed by atoms with Crippen LogP contribution in [0.5, 0.6) is 0 Å². The van der Waals surface area contributed by atoms with Crippen LogP contribution in [-0.2, 0) is 9.53 Å². The molecule has 0 unspecified atom stereocenters. The first kappa shape index (κ1) is 17.7. The zero-order valence-electron chi connectivity index (χ0n) is 13.2. The van der Waals surface area contributed by atoms with Gasteiger partial charge in [0.1, 0.15) is 11.4 Å². The van der Waals surface area contributed by atoms with Crippen molar-refractivity contribution in [3.05, 3.63) is 29.6 Å². The molecule has 0 bridgehead atoms. The lowest BCUT2D eigenvalue weighted by Crippen LogP contribution is -2.41. The largest absolute Gasteiger partial charge is 0.481 e. The van der Waals surface area contributed by atoms with Gasteiger partial charge >= 0.3 is 18.0 Å². The summed E-state index contributed by atoms with van der Waals surface area (Å²) >= 11 is 0. The van der Waals surface area contributed by atoms with Gasteiger partial charge in [-0.25, -0.2) is 14.0 Å². The zero-order valence-corrected chi connectivity index (χ0v) is 13.2. The van der Waals surface area contributed by atoms with E-state index in [4.69, 9.17) is 5.11 Å². The first-order valence-corrected chi connectivity index (χ1v) is 7.59. The summed E-state index contributed by atoms with van der Waals surface area (Å²) in [6, 6.07) is 3.13. The molecule has 1 aliphatic carbocycles. The predicted molar refractivity (Wildman–Crippen MR) is 83.3 cm³/mol. The van der Waals surface area contributed by atoms with E-state index in [0.29, 0.717) is 25.7 Å². The highest BCUT2D eigenvalue weighted by atomic mass is 19.1. The molecule has 24 heavy (non-hydrogen) atoms. The lowest BCUT2D eigenvalue weighted by Gasteiger charge is -2.27. The van der Waals surface area contributed by atoms with Gasteiger partial charge in [0, 0.05) is 6.04 Å². The number of hydrogen-bond donors (Lipinski definition) is 3. The van der Waals surface area contributed by atoms with E-state index in [0.717, 1.165) is 13.2 Å². The lowest BCUT2D eigenvalue weighted by atomic mass is 9.86. The van der Waals surface area contributed by atoms with Crippen LogP contribution < -0.4 is 10.6 Å². The highest BCUT2D eigenvalue weighted by Crippen LogP contribution is 2.25. The molecule has 2 rings (SSSR count). The number of carbonyl (C=O) groups excluding carboxylic acids is 2. The molecule has 0 saturated heterocycles. The number of carbonyl (C=O) groups is 3. The second-order valence-electron chi connectivity index (χ2n) is 5.64. The van der Waals surface area contributed by atoms with E-state index in [9.17, 15) is 18.8 Å². The quantitative estimate of drug-likeness (QED) is 0.731. The molecule has 1 aromatic carbocycles. The number of amides is 2. The Balaban J connectivity index is 1.97. The Bertz CT molecular complexity index is 641. The number of ether oxygens (including phenoxy) is 1. The number of carboxylic acids is 1. The average Bonchev–Trinajstić information content (AvgIpc) is 2.54. The third kappa shape index (κ3) is 4.21. The zero-order chi connectivity index (χ0) is 17.7. The standard InChI is InChI=1S/C16H19FN2O5/c1-24-15(22)13-11(17)3-2-4-12(13)19-16(23)18-10-7-5-9(6-8-10)14(20)21/h2-4,9-10H,5-8H2,1H3,(H,20,21)(H2,18,19,23). The molecule has 1 aliphatic rings. The van der Waals surface area contributed by atoms with Crippen molar-refractivity contribution in [2.75, 3.05) is 12.4 Å². The molecule has 1 aromatic rings. The van der Waals surface area contributed by atoms with E-state index < -0.39 is 23.8 Å². The van der Waals surface area contributed by atoms with E-state index in [1.807, 2.05) is 0 Å². The van der Waals surface area contributed by atoms with Crippen LogP contribution in [0.1, 0.15) is 36.0 Å². The summed E-state index contributed by atoms with van der Waals surface area (Å²) in [5, 5.41) is 14.1. The topological polar surface area (TPSA) is 105 Å². The normalized spacial score (nSPS) is 20.1. The molecule has 2 amide bonds. The summed E-state index contributed by atoms with van der Waals surface area (Å²) in [5.41, 5.74) is -0.330. The Kier molecular flexibility index (Phi) is 5.73. The van der Waals surface area contributed by atoms with Gasteiger partial charge in [0.25, 0.3) is 0 Å². The van der Waals surface area contributed by atoms with Crippen molar-refractivity contribution in [2.45, 2.75) is 31.7 Å². The van der Waals surface area contributed by atoms with Gasteiger partial charge in [-0.15, -0.1) is 0 Å². The maximum absolute atomic E-state index is 13.8.